The quantitative estimate of drug-likeness (QED) is 0.641. The molecule has 0 bridgehead atoms. The van der Waals surface area contributed by atoms with Crippen molar-refractivity contribution >= 4 is 35.0 Å². The van der Waals surface area contributed by atoms with Crippen LogP contribution in [0.4, 0.5) is 24.5 Å². The summed E-state index contributed by atoms with van der Waals surface area (Å²) >= 11 is 1.21. The van der Waals surface area contributed by atoms with E-state index >= 15 is 0 Å². The molecule has 2 atom stereocenters. The normalized spacial score (nSPS) is 16.8. The average molecular weight is 452 g/mol. The van der Waals surface area contributed by atoms with Gasteiger partial charge in [-0.1, -0.05) is 0 Å². The third kappa shape index (κ3) is 6.65. The molecule has 3 rings (SSSR count). The number of anilines is 2. The minimum atomic E-state index is -0.872. The van der Waals surface area contributed by atoms with Gasteiger partial charge in [-0.15, -0.1) is 11.8 Å². The number of amides is 2. The smallest absolute Gasteiger partial charge is 0.234 e. The lowest BCUT2D eigenvalue weighted by Crippen LogP contribution is -2.36. The van der Waals surface area contributed by atoms with E-state index in [4.69, 9.17) is 0 Å². The average Bonchev–Trinajstić information content (AvgIpc) is 3.23. The molecule has 2 unspecified atom stereocenters. The first kappa shape index (κ1) is 23.0. The molecule has 2 N–H and O–H groups in total. The zero-order valence-corrected chi connectivity index (χ0v) is 17.9. The fraction of sp³-hybridized carbons (Fsp3) is 0.364. The van der Waals surface area contributed by atoms with E-state index in [-0.39, 0.29) is 29.3 Å². The van der Waals surface area contributed by atoms with Crippen molar-refractivity contribution in [2.24, 2.45) is 5.92 Å². The summed E-state index contributed by atoms with van der Waals surface area (Å²) in [4.78, 5) is 26.3. The third-order valence-corrected chi connectivity index (χ3v) is 6.22. The van der Waals surface area contributed by atoms with Crippen LogP contribution in [-0.4, -0.2) is 42.5 Å². The zero-order valence-electron chi connectivity index (χ0n) is 17.0. The van der Waals surface area contributed by atoms with Gasteiger partial charge in [0, 0.05) is 37.1 Å². The van der Waals surface area contributed by atoms with E-state index in [2.05, 4.69) is 10.6 Å². The summed E-state index contributed by atoms with van der Waals surface area (Å²) in [5, 5.41) is 5.14. The summed E-state index contributed by atoms with van der Waals surface area (Å²) < 4.78 is 39.4. The fourth-order valence-electron chi connectivity index (χ4n) is 3.31. The van der Waals surface area contributed by atoms with Gasteiger partial charge < -0.3 is 15.5 Å². The van der Waals surface area contributed by atoms with Gasteiger partial charge in [-0.2, -0.15) is 0 Å². The Morgan fingerprint density at radius 3 is 2.58 bits per heavy atom. The monoisotopic (exact) mass is 451 g/mol. The molecule has 5 nitrogen and oxygen atoms in total. The predicted molar refractivity (Wildman–Crippen MR) is 117 cm³/mol. The lowest BCUT2D eigenvalue weighted by molar-refractivity contribution is -0.120. The SMILES string of the molecule is CC(SCC(=O)Nc1ccc(F)cc1)C(=O)NCC1CCN(c2ccc(F)c(F)c2)C1. The largest absolute Gasteiger partial charge is 0.371 e. The molecule has 1 fully saturated rings. The van der Waals surface area contributed by atoms with Crippen LogP contribution < -0.4 is 15.5 Å². The molecule has 166 valence electrons. The summed E-state index contributed by atoms with van der Waals surface area (Å²) in [6.45, 7) is 3.56. The Balaban J connectivity index is 1.37. The number of hydrogen-bond donors (Lipinski definition) is 2. The highest BCUT2D eigenvalue weighted by Crippen LogP contribution is 2.25. The van der Waals surface area contributed by atoms with Gasteiger partial charge in [0.1, 0.15) is 5.82 Å². The molecular formula is C22H24F3N3O2S. The van der Waals surface area contributed by atoms with Gasteiger partial charge >= 0.3 is 0 Å². The Labute approximate surface area is 183 Å². The second-order valence-corrected chi connectivity index (χ2v) is 8.78. The maximum atomic E-state index is 13.4. The lowest BCUT2D eigenvalue weighted by atomic mass is 10.1. The standard InChI is InChI=1S/C22H24F3N3O2S/c1-14(31-13-21(29)27-17-4-2-16(23)3-5-17)22(30)26-11-15-8-9-28(12-15)18-6-7-19(24)20(25)10-18/h2-7,10,14-15H,8-9,11-13H2,1H3,(H,26,30)(H,27,29). The maximum Gasteiger partial charge on any atom is 0.234 e. The van der Waals surface area contributed by atoms with Crippen LogP contribution in [0.25, 0.3) is 0 Å². The van der Waals surface area contributed by atoms with Crippen molar-refractivity contribution < 1.29 is 22.8 Å². The van der Waals surface area contributed by atoms with E-state index < -0.39 is 16.9 Å². The first-order chi connectivity index (χ1) is 14.8. The van der Waals surface area contributed by atoms with Gasteiger partial charge in [0.25, 0.3) is 0 Å². The van der Waals surface area contributed by atoms with Crippen molar-refractivity contribution in [1.29, 1.82) is 0 Å². The van der Waals surface area contributed by atoms with Crippen LogP contribution in [0.1, 0.15) is 13.3 Å². The van der Waals surface area contributed by atoms with E-state index in [0.717, 1.165) is 12.5 Å². The number of benzene rings is 2. The Morgan fingerprint density at radius 2 is 1.87 bits per heavy atom. The minimum absolute atomic E-state index is 0.0965. The van der Waals surface area contributed by atoms with Crippen LogP contribution in [0.5, 0.6) is 0 Å². The molecule has 1 heterocycles. The number of nitrogens with zero attached hydrogens (tertiary/aromatic N) is 1. The van der Waals surface area contributed by atoms with Gasteiger partial charge in [-0.05, 0) is 55.7 Å². The topological polar surface area (TPSA) is 61.4 Å². The van der Waals surface area contributed by atoms with Gasteiger partial charge in [0.15, 0.2) is 11.6 Å². The number of rotatable bonds is 8. The van der Waals surface area contributed by atoms with Crippen molar-refractivity contribution in [1.82, 2.24) is 5.32 Å². The molecule has 9 heteroatoms. The first-order valence-corrected chi connectivity index (χ1v) is 11.0. The van der Waals surface area contributed by atoms with Crippen LogP contribution in [0.15, 0.2) is 42.5 Å². The highest BCUT2D eigenvalue weighted by molar-refractivity contribution is 8.01. The molecule has 1 saturated heterocycles. The number of nitrogens with one attached hydrogen (secondary N) is 2. The van der Waals surface area contributed by atoms with Crippen LogP contribution in [-0.2, 0) is 9.59 Å². The van der Waals surface area contributed by atoms with Crippen molar-refractivity contribution in [3.63, 3.8) is 0 Å². The molecule has 0 aliphatic carbocycles. The van der Waals surface area contributed by atoms with E-state index in [1.54, 1.807) is 13.0 Å². The van der Waals surface area contributed by atoms with E-state index in [1.165, 1.54) is 42.1 Å². The van der Waals surface area contributed by atoms with Crippen molar-refractivity contribution in [3.05, 3.63) is 59.9 Å². The van der Waals surface area contributed by atoms with Gasteiger partial charge in [-0.3, -0.25) is 9.59 Å². The molecule has 0 spiro atoms. The van der Waals surface area contributed by atoms with Gasteiger partial charge in [-0.25, -0.2) is 13.2 Å². The third-order valence-electron chi connectivity index (χ3n) is 5.08. The highest BCUT2D eigenvalue weighted by atomic mass is 32.2. The van der Waals surface area contributed by atoms with E-state index in [0.29, 0.717) is 31.0 Å². The lowest BCUT2D eigenvalue weighted by Gasteiger charge is -2.19. The minimum Gasteiger partial charge on any atom is -0.371 e. The number of thioether (sulfide) groups is 1. The summed E-state index contributed by atoms with van der Waals surface area (Å²) in [6, 6.07) is 9.32. The predicted octanol–water partition coefficient (Wildman–Crippen LogP) is 3.81. The molecule has 2 aromatic carbocycles. The van der Waals surface area contributed by atoms with E-state index in [9.17, 15) is 22.8 Å². The molecule has 0 saturated carbocycles. The zero-order chi connectivity index (χ0) is 22.4. The maximum absolute atomic E-state index is 13.4. The summed E-state index contributed by atoms with van der Waals surface area (Å²) in [7, 11) is 0. The number of halogens is 3. The summed E-state index contributed by atoms with van der Waals surface area (Å²) in [5.74, 6) is -2.25. The Morgan fingerprint density at radius 1 is 1.13 bits per heavy atom. The van der Waals surface area contributed by atoms with Crippen LogP contribution >= 0.6 is 11.8 Å². The molecule has 2 amide bonds. The summed E-state index contributed by atoms with van der Waals surface area (Å²) in [6.07, 6.45) is 0.834. The summed E-state index contributed by atoms with van der Waals surface area (Å²) in [5.41, 5.74) is 1.12. The highest BCUT2D eigenvalue weighted by Gasteiger charge is 2.25. The second kappa shape index (κ2) is 10.6. The molecule has 0 aromatic heterocycles. The molecule has 1 aliphatic rings. The Hall–Kier alpha value is -2.68. The first-order valence-electron chi connectivity index (χ1n) is 9.96. The molecule has 1 aliphatic heterocycles. The van der Waals surface area contributed by atoms with Gasteiger partial charge in [0.05, 0.1) is 11.0 Å². The number of carbonyl (C=O) groups is 2. The molecular weight excluding hydrogens is 427 g/mol. The van der Waals surface area contributed by atoms with Crippen LogP contribution in [0, 0.1) is 23.4 Å². The molecule has 2 aromatic rings. The van der Waals surface area contributed by atoms with Crippen molar-refractivity contribution in [3.8, 4) is 0 Å². The molecule has 31 heavy (non-hydrogen) atoms. The van der Waals surface area contributed by atoms with Gasteiger partial charge in [0.2, 0.25) is 11.8 Å². The van der Waals surface area contributed by atoms with E-state index in [1.807, 2.05) is 4.90 Å². The molecule has 0 radical (unpaired) electrons. The Kier molecular flexibility index (Phi) is 7.84. The van der Waals surface area contributed by atoms with Crippen LogP contribution in [0.2, 0.25) is 0 Å². The number of carbonyl (C=O) groups excluding carboxylic acids is 2. The van der Waals surface area contributed by atoms with Crippen LogP contribution in [0.3, 0.4) is 0 Å². The fourth-order valence-corrected chi connectivity index (χ4v) is 4.02. The van der Waals surface area contributed by atoms with Crippen molar-refractivity contribution in [2.45, 2.75) is 18.6 Å². The number of hydrogen-bond acceptors (Lipinski definition) is 4. The van der Waals surface area contributed by atoms with Crippen molar-refractivity contribution in [2.75, 3.05) is 35.6 Å². The Bertz CT molecular complexity index is 927. The second-order valence-electron chi connectivity index (χ2n) is 7.45.